The lowest BCUT2D eigenvalue weighted by Crippen LogP contribution is -2.31. The smallest absolute Gasteiger partial charge is 0.186 e. The highest BCUT2D eigenvalue weighted by atomic mass is 32.1. The minimum atomic E-state index is 0.531. The molecule has 6 aromatic rings. The Morgan fingerprint density at radius 1 is 0.523 bits per heavy atom. The Bertz CT molecular complexity index is 1750. The van der Waals surface area contributed by atoms with Crippen LogP contribution in [0.25, 0.3) is 43.1 Å². The number of benzene rings is 6. The zero-order valence-corrected chi connectivity index (χ0v) is 26.3. The van der Waals surface area contributed by atoms with Gasteiger partial charge in [-0.2, -0.15) is 10.2 Å². The summed E-state index contributed by atoms with van der Waals surface area (Å²) in [5.74, 6) is 0. The Morgan fingerprint density at radius 3 is 1.11 bits per heavy atom. The van der Waals surface area contributed by atoms with Crippen molar-refractivity contribution in [3.05, 3.63) is 120 Å². The summed E-state index contributed by atoms with van der Waals surface area (Å²) >= 11 is 10.2. The van der Waals surface area contributed by atoms with Crippen molar-refractivity contribution >= 4 is 90.2 Å². The Hall–Kier alpha value is -4.92. The molecule has 44 heavy (non-hydrogen) atoms. The van der Waals surface area contributed by atoms with E-state index in [-0.39, 0.29) is 0 Å². The van der Waals surface area contributed by atoms with E-state index in [4.69, 9.17) is 24.4 Å². The molecule has 0 aliphatic carbocycles. The zero-order chi connectivity index (χ0) is 30.7. The van der Waals surface area contributed by atoms with E-state index >= 15 is 0 Å². The van der Waals surface area contributed by atoms with Crippen molar-refractivity contribution in [1.82, 2.24) is 21.5 Å². The van der Waals surface area contributed by atoms with Crippen LogP contribution in [0, 0.1) is 0 Å². The Morgan fingerprint density at radius 2 is 0.818 bits per heavy atom. The zero-order valence-electron chi connectivity index (χ0n) is 24.7. The summed E-state index contributed by atoms with van der Waals surface area (Å²) in [6, 6.07) is 37.8. The maximum absolute atomic E-state index is 5.12. The number of nitrogens with zero attached hydrogens (tertiary/aromatic N) is 2. The fourth-order valence-electron chi connectivity index (χ4n) is 5.09. The van der Waals surface area contributed by atoms with Crippen LogP contribution in [0.3, 0.4) is 0 Å². The molecule has 0 aromatic heterocycles. The summed E-state index contributed by atoms with van der Waals surface area (Å²) in [4.78, 5) is 0. The first-order valence-electron chi connectivity index (χ1n) is 14.5. The number of hydrogen-bond acceptors (Lipinski definition) is 4. The lowest BCUT2D eigenvalue weighted by atomic mass is 9.97. The number of thiocarbonyl (C=S) groups is 2. The average Bonchev–Trinajstić information content (AvgIpc) is 3.04. The molecule has 6 aromatic carbocycles. The fourth-order valence-corrected chi connectivity index (χ4v) is 5.48. The number of fused-ring (bicyclic) bond motifs is 4. The molecule has 0 saturated carbocycles. The Kier molecular flexibility index (Phi) is 10.4. The van der Waals surface area contributed by atoms with E-state index in [1.54, 1.807) is 0 Å². The minimum absolute atomic E-state index is 0.531. The van der Waals surface area contributed by atoms with Gasteiger partial charge in [-0.3, -0.25) is 10.9 Å². The molecule has 4 N–H and O–H groups in total. The number of rotatable bonds is 6. The summed E-state index contributed by atoms with van der Waals surface area (Å²) in [5, 5.41) is 25.2. The minimum Gasteiger partial charge on any atom is -0.362 e. The van der Waals surface area contributed by atoms with Crippen molar-refractivity contribution < 1.29 is 0 Å². The SMILES string of the molecule is CCNC(=S)N/N=C/c1c2ccccc2cc2ccccc12.CCNC(=S)N/N=C/c1c2ccccc2cc2ccccc12. The van der Waals surface area contributed by atoms with Gasteiger partial charge >= 0.3 is 0 Å². The van der Waals surface area contributed by atoms with Gasteiger partial charge in [0, 0.05) is 24.2 Å². The molecule has 0 aliphatic heterocycles. The Labute approximate surface area is 268 Å². The van der Waals surface area contributed by atoms with Crippen LogP contribution in [0.2, 0.25) is 0 Å². The van der Waals surface area contributed by atoms with Crippen LogP contribution in [0.4, 0.5) is 0 Å². The van der Waals surface area contributed by atoms with Crippen molar-refractivity contribution in [2.75, 3.05) is 13.1 Å². The van der Waals surface area contributed by atoms with Crippen molar-refractivity contribution in [3.8, 4) is 0 Å². The first-order chi connectivity index (χ1) is 21.6. The van der Waals surface area contributed by atoms with Crippen LogP contribution in [0.15, 0.2) is 119 Å². The van der Waals surface area contributed by atoms with Crippen molar-refractivity contribution in [3.63, 3.8) is 0 Å². The van der Waals surface area contributed by atoms with E-state index in [1.807, 2.05) is 50.5 Å². The highest BCUT2D eigenvalue weighted by molar-refractivity contribution is 7.80. The van der Waals surface area contributed by atoms with Gasteiger partial charge < -0.3 is 10.6 Å². The largest absolute Gasteiger partial charge is 0.362 e. The summed E-state index contributed by atoms with van der Waals surface area (Å²) in [5.41, 5.74) is 7.90. The first-order valence-corrected chi connectivity index (χ1v) is 15.4. The van der Waals surface area contributed by atoms with E-state index in [2.05, 4.69) is 117 Å². The van der Waals surface area contributed by atoms with Crippen LogP contribution < -0.4 is 21.5 Å². The summed E-state index contributed by atoms with van der Waals surface area (Å²) < 4.78 is 0. The van der Waals surface area contributed by atoms with Crippen molar-refractivity contribution in [1.29, 1.82) is 0 Å². The van der Waals surface area contributed by atoms with Crippen molar-refractivity contribution in [2.24, 2.45) is 10.2 Å². The molecular weight excluding hydrogens is 581 g/mol. The summed E-state index contributed by atoms with van der Waals surface area (Å²) in [7, 11) is 0. The normalized spacial score (nSPS) is 11.1. The Balaban J connectivity index is 0.000000175. The monoisotopic (exact) mass is 614 g/mol. The highest BCUT2D eigenvalue weighted by Crippen LogP contribution is 2.28. The predicted octanol–water partition coefficient (Wildman–Crippen LogP) is 7.62. The lowest BCUT2D eigenvalue weighted by Gasteiger charge is -2.08. The second-order valence-electron chi connectivity index (χ2n) is 9.92. The average molecular weight is 615 g/mol. The molecule has 0 spiro atoms. The molecule has 0 amide bonds. The first kappa shape index (κ1) is 30.5. The van der Waals surface area contributed by atoms with E-state index in [0.29, 0.717) is 10.2 Å². The molecule has 0 aliphatic rings. The quantitative estimate of drug-likeness (QED) is 0.0670. The fraction of sp³-hybridized carbons (Fsp3) is 0.111. The predicted molar refractivity (Wildman–Crippen MR) is 197 cm³/mol. The van der Waals surface area contributed by atoms with Gasteiger partial charge in [0.15, 0.2) is 10.2 Å². The molecule has 0 heterocycles. The number of nitrogens with one attached hydrogen (secondary N) is 4. The van der Waals surface area contributed by atoms with Gasteiger partial charge in [-0.1, -0.05) is 97.1 Å². The maximum Gasteiger partial charge on any atom is 0.186 e. The third-order valence-corrected chi connectivity index (χ3v) is 7.49. The molecule has 0 unspecified atom stereocenters. The van der Waals surface area contributed by atoms with Gasteiger partial charge in [-0.25, -0.2) is 0 Å². The maximum atomic E-state index is 5.12. The number of hydrazone groups is 2. The van der Waals surface area contributed by atoms with E-state index in [1.165, 1.54) is 43.1 Å². The van der Waals surface area contributed by atoms with E-state index in [0.717, 1.165) is 24.2 Å². The molecular formula is C36H34N6S2. The molecule has 0 atom stereocenters. The van der Waals surface area contributed by atoms with Crippen LogP contribution >= 0.6 is 24.4 Å². The molecule has 220 valence electrons. The summed E-state index contributed by atoms with van der Waals surface area (Å²) in [6.07, 6.45) is 3.68. The van der Waals surface area contributed by atoms with E-state index < -0.39 is 0 Å². The van der Waals surface area contributed by atoms with E-state index in [9.17, 15) is 0 Å². The van der Waals surface area contributed by atoms with Crippen LogP contribution in [0.5, 0.6) is 0 Å². The van der Waals surface area contributed by atoms with Gasteiger partial charge in [0.2, 0.25) is 0 Å². The van der Waals surface area contributed by atoms with Crippen molar-refractivity contribution in [2.45, 2.75) is 13.8 Å². The topological polar surface area (TPSA) is 72.8 Å². The van der Waals surface area contributed by atoms with Gasteiger partial charge in [0.25, 0.3) is 0 Å². The van der Waals surface area contributed by atoms with Gasteiger partial charge in [-0.05, 0) is 93.5 Å². The molecule has 0 radical (unpaired) electrons. The van der Waals surface area contributed by atoms with Gasteiger partial charge in [0.1, 0.15) is 0 Å². The van der Waals surface area contributed by atoms with Crippen LogP contribution in [-0.2, 0) is 0 Å². The summed E-state index contributed by atoms with van der Waals surface area (Å²) in [6.45, 7) is 5.54. The standard InChI is InChI=1S/2C18H17N3S/c2*1-2-19-18(22)21-20-12-17-15-9-5-3-7-13(15)11-14-8-4-6-10-16(14)17/h2*3-12H,2H2,1H3,(H2,19,21,22)/b2*20-12+. The van der Waals surface area contributed by atoms with Crippen LogP contribution in [0.1, 0.15) is 25.0 Å². The highest BCUT2D eigenvalue weighted by Gasteiger charge is 2.06. The second kappa shape index (κ2) is 15.0. The molecule has 0 fully saturated rings. The second-order valence-corrected chi connectivity index (χ2v) is 10.7. The molecule has 6 nitrogen and oxygen atoms in total. The lowest BCUT2D eigenvalue weighted by molar-refractivity contribution is 0.904. The van der Waals surface area contributed by atoms with Gasteiger partial charge in [0.05, 0.1) is 12.4 Å². The third kappa shape index (κ3) is 7.34. The van der Waals surface area contributed by atoms with Crippen LogP contribution in [-0.4, -0.2) is 35.7 Å². The molecule has 0 saturated heterocycles. The van der Waals surface area contributed by atoms with Gasteiger partial charge in [-0.15, -0.1) is 0 Å². The molecule has 0 bridgehead atoms. The third-order valence-electron chi connectivity index (χ3n) is 7.02. The number of hydrogen-bond donors (Lipinski definition) is 4. The molecule has 8 heteroatoms. The molecule has 6 rings (SSSR count).